The maximum Gasteiger partial charge on any atom is 0.160 e. The van der Waals surface area contributed by atoms with E-state index in [0.717, 1.165) is 55.3 Å². The van der Waals surface area contributed by atoms with E-state index in [1.54, 1.807) is 11.3 Å². The molecule has 0 atom stereocenters. The molecule has 0 bridgehead atoms. The van der Waals surface area contributed by atoms with E-state index in [9.17, 15) is 0 Å². The summed E-state index contributed by atoms with van der Waals surface area (Å²) in [5.41, 5.74) is 15.7. The first-order valence-corrected chi connectivity index (χ1v) is 20.1. The SMILES string of the molecule is c1ccc(-c2nc(-c3ccc(-c4ccccc4-c4ccc5c(c4)C4(c6ccccc6Oc6ccccc64)c4ccccc4-5)cc3)c3sc4ccccc4c3n2)cc1. The van der Waals surface area contributed by atoms with Gasteiger partial charge in [-0.25, -0.2) is 9.97 Å². The van der Waals surface area contributed by atoms with Gasteiger partial charge in [0.1, 0.15) is 11.5 Å². The number of benzene rings is 8. The monoisotopic (exact) mass is 744 g/mol. The van der Waals surface area contributed by atoms with Gasteiger partial charge in [0.05, 0.1) is 21.3 Å². The molecule has 1 aliphatic carbocycles. The molecular formula is C53H32N2OS. The maximum absolute atomic E-state index is 6.59. The first kappa shape index (κ1) is 32.1. The van der Waals surface area contributed by atoms with Gasteiger partial charge in [-0.1, -0.05) is 170 Å². The van der Waals surface area contributed by atoms with E-state index in [1.807, 2.05) is 18.2 Å². The molecule has 0 saturated heterocycles. The van der Waals surface area contributed by atoms with Crippen LogP contribution >= 0.6 is 11.3 Å². The van der Waals surface area contributed by atoms with Crippen molar-refractivity contribution in [2.45, 2.75) is 5.41 Å². The topological polar surface area (TPSA) is 35.0 Å². The molecule has 2 aliphatic rings. The number of ether oxygens (including phenoxy) is 1. The zero-order chi connectivity index (χ0) is 37.5. The summed E-state index contributed by atoms with van der Waals surface area (Å²) in [5, 5.41) is 1.16. The molecule has 57 heavy (non-hydrogen) atoms. The number of para-hydroxylation sites is 2. The lowest BCUT2D eigenvalue weighted by atomic mass is 9.66. The van der Waals surface area contributed by atoms with Crippen molar-refractivity contribution in [1.29, 1.82) is 0 Å². The van der Waals surface area contributed by atoms with Crippen molar-refractivity contribution in [3.05, 3.63) is 216 Å². The van der Waals surface area contributed by atoms with Crippen LogP contribution in [0.2, 0.25) is 0 Å². The highest BCUT2D eigenvalue weighted by molar-refractivity contribution is 7.26. The summed E-state index contributed by atoms with van der Waals surface area (Å²) in [6.45, 7) is 0. The van der Waals surface area contributed by atoms with Gasteiger partial charge in [-0.15, -0.1) is 11.3 Å². The Kier molecular flexibility index (Phi) is 7.01. The number of hydrogen-bond acceptors (Lipinski definition) is 4. The maximum atomic E-state index is 6.59. The molecule has 0 amide bonds. The van der Waals surface area contributed by atoms with Crippen molar-refractivity contribution in [2.24, 2.45) is 0 Å². The van der Waals surface area contributed by atoms with Gasteiger partial charge in [0.25, 0.3) is 0 Å². The fourth-order valence-electron chi connectivity index (χ4n) is 9.32. The van der Waals surface area contributed by atoms with Crippen LogP contribution in [0.4, 0.5) is 0 Å². The Morgan fingerprint density at radius 2 is 0.965 bits per heavy atom. The van der Waals surface area contributed by atoms with E-state index in [2.05, 4.69) is 176 Å². The van der Waals surface area contributed by atoms with Crippen LogP contribution in [-0.2, 0) is 5.41 Å². The smallest absolute Gasteiger partial charge is 0.160 e. The third kappa shape index (κ3) is 4.71. The summed E-state index contributed by atoms with van der Waals surface area (Å²) in [4.78, 5) is 10.3. The number of hydrogen-bond donors (Lipinski definition) is 0. The molecule has 266 valence electrons. The number of fused-ring (bicyclic) bond motifs is 12. The van der Waals surface area contributed by atoms with Gasteiger partial charge in [0.15, 0.2) is 5.82 Å². The van der Waals surface area contributed by atoms with E-state index >= 15 is 0 Å². The molecule has 1 aliphatic heterocycles. The third-order valence-corrected chi connectivity index (χ3v) is 13.0. The van der Waals surface area contributed by atoms with Crippen molar-refractivity contribution >= 4 is 31.6 Å². The summed E-state index contributed by atoms with van der Waals surface area (Å²) >= 11 is 1.76. The van der Waals surface area contributed by atoms with Crippen LogP contribution in [0.25, 0.3) is 76.3 Å². The fourth-order valence-corrected chi connectivity index (χ4v) is 10.5. The van der Waals surface area contributed by atoms with Crippen LogP contribution in [0.1, 0.15) is 22.3 Å². The van der Waals surface area contributed by atoms with Crippen molar-refractivity contribution in [3.8, 4) is 67.5 Å². The van der Waals surface area contributed by atoms with Crippen LogP contribution in [-0.4, -0.2) is 9.97 Å². The highest BCUT2D eigenvalue weighted by Crippen LogP contribution is 2.62. The molecule has 3 nitrogen and oxygen atoms in total. The van der Waals surface area contributed by atoms with Crippen LogP contribution in [0.3, 0.4) is 0 Å². The Bertz CT molecular complexity index is 3170. The normalized spacial score (nSPS) is 13.2. The third-order valence-electron chi connectivity index (χ3n) is 11.8. The lowest BCUT2D eigenvalue weighted by Crippen LogP contribution is -2.32. The van der Waals surface area contributed by atoms with E-state index < -0.39 is 5.41 Å². The number of thiophene rings is 1. The van der Waals surface area contributed by atoms with Crippen molar-refractivity contribution in [2.75, 3.05) is 0 Å². The molecule has 1 spiro atoms. The molecule has 3 heterocycles. The second kappa shape index (κ2) is 12.4. The van der Waals surface area contributed by atoms with Crippen LogP contribution in [0.5, 0.6) is 11.5 Å². The van der Waals surface area contributed by atoms with Crippen LogP contribution in [0.15, 0.2) is 194 Å². The Hall–Kier alpha value is -7.14. The predicted octanol–water partition coefficient (Wildman–Crippen LogP) is 14.0. The second-order valence-electron chi connectivity index (χ2n) is 14.8. The van der Waals surface area contributed by atoms with Gasteiger partial charge in [0, 0.05) is 32.3 Å². The lowest BCUT2D eigenvalue weighted by molar-refractivity contribution is 0.436. The van der Waals surface area contributed by atoms with Gasteiger partial charge in [0.2, 0.25) is 0 Å². The average molecular weight is 745 g/mol. The molecular weight excluding hydrogens is 713 g/mol. The summed E-state index contributed by atoms with van der Waals surface area (Å²) in [6.07, 6.45) is 0. The molecule has 0 saturated carbocycles. The molecule has 12 rings (SSSR count). The number of nitrogens with zero attached hydrogens (tertiary/aromatic N) is 2. The summed E-state index contributed by atoms with van der Waals surface area (Å²) < 4.78 is 8.91. The highest BCUT2D eigenvalue weighted by atomic mass is 32.1. The number of rotatable bonds is 4. The van der Waals surface area contributed by atoms with E-state index in [-0.39, 0.29) is 0 Å². The average Bonchev–Trinajstić information content (AvgIpc) is 3.80. The Balaban J connectivity index is 1.01. The zero-order valence-electron chi connectivity index (χ0n) is 30.7. The predicted molar refractivity (Wildman–Crippen MR) is 234 cm³/mol. The first-order chi connectivity index (χ1) is 28.3. The van der Waals surface area contributed by atoms with Gasteiger partial charge in [-0.05, 0) is 68.8 Å². The standard InChI is InChI=1S/C53H32N2OS/c1-2-14-35(15-3-1)52-54-49(51-50(55-52)41-19-7-13-25-48(41)57-51)34-28-26-33(27-29-34)37-16-4-5-17-38(37)36-30-31-40-39-18-6-8-20-42(39)53(45(40)32-36)43-21-9-11-23-46(43)56-47-24-12-10-22-44(47)53/h1-32H. The Morgan fingerprint density at radius 3 is 1.72 bits per heavy atom. The summed E-state index contributed by atoms with van der Waals surface area (Å²) in [6, 6.07) is 69.6. The van der Waals surface area contributed by atoms with Gasteiger partial charge >= 0.3 is 0 Å². The van der Waals surface area contributed by atoms with E-state index in [1.165, 1.54) is 54.8 Å². The minimum atomic E-state index is -0.516. The molecule has 2 aromatic heterocycles. The van der Waals surface area contributed by atoms with Crippen molar-refractivity contribution in [3.63, 3.8) is 0 Å². The molecule has 0 unspecified atom stereocenters. The van der Waals surface area contributed by atoms with E-state index in [4.69, 9.17) is 14.7 Å². The molecule has 10 aromatic rings. The van der Waals surface area contributed by atoms with Gasteiger partial charge in [-0.3, -0.25) is 0 Å². The Labute approximate surface area is 334 Å². The van der Waals surface area contributed by atoms with E-state index in [0.29, 0.717) is 0 Å². The van der Waals surface area contributed by atoms with Crippen molar-refractivity contribution < 1.29 is 4.74 Å². The minimum Gasteiger partial charge on any atom is -0.457 e. The molecule has 0 fully saturated rings. The lowest BCUT2D eigenvalue weighted by Gasteiger charge is -2.39. The van der Waals surface area contributed by atoms with Crippen LogP contribution < -0.4 is 4.74 Å². The second-order valence-corrected chi connectivity index (χ2v) is 15.9. The fraction of sp³-hybridized carbons (Fsp3) is 0.0189. The number of aromatic nitrogens is 2. The van der Waals surface area contributed by atoms with Gasteiger partial charge in [-0.2, -0.15) is 0 Å². The quantitative estimate of drug-likeness (QED) is 0.180. The Morgan fingerprint density at radius 1 is 0.404 bits per heavy atom. The zero-order valence-corrected chi connectivity index (χ0v) is 31.5. The van der Waals surface area contributed by atoms with Crippen molar-refractivity contribution in [1.82, 2.24) is 9.97 Å². The largest absolute Gasteiger partial charge is 0.457 e. The minimum absolute atomic E-state index is 0.516. The summed E-state index contributed by atoms with van der Waals surface area (Å²) in [5.74, 6) is 2.54. The van der Waals surface area contributed by atoms with Crippen LogP contribution in [0, 0.1) is 0 Å². The molecule has 8 aromatic carbocycles. The summed E-state index contributed by atoms with van der Waals surface area (Å²) in [7, 11) is 0. The van der Waals surface area contributed by atoms with Gasteiger partial charge < -0.3 is 4.74 Å². The highest BCUT2D eigenvalue weighted by Gasteiger charge is 2.51. The first-order valence-electron chi connectivity index (χ1n) is 19.3. The molecule has 0 radical (unpaired) electrons. The molecule has 0 N–H and O–H groups in total. The molecule has 4 heteroatoms.